The van der Waals surface area contributed by atoms with Gasteiger partial charge in [0.2, 0.25) is 5.43 Å². The van der Waals surface area contributed by atoms with Gasteiger partial charge < -0.3 is 14.2 Å². The lowest BCUT2D eigenvalue weighted by Crippen LogP contribution is -2.13. The first-order chi connectivity index (χ1) is 24.1. The lowest BCUT2D eigenvalue weighted by atomic mass is 10.0. The Morgan fingerprint density at radius 1 is 0.429 bits per heavy atom. The van der Waals surface area contributed by atoms with Crippen molar-refractivity contribution in [2.45, 2.75) is 181 Å². The number of unbranched alkanes of at least 4 members (excludes halogenated alkanes) is 24. The third-order valence-electron chi connectivity index (χ3n) is 9.37. The highest BCUT2D eigenvalue weighted by Gasteiger charge is 2.11. The number of hydrogen-bond acceptors (Lipinski definition) is 5. The molecule has 276 valence electrons. The van der Waals surface area contributed by atoms with Crippen molar-refractivity contribution in [1.82, 2.24) is 0 Å². The topological polar surface area (TPSA) is 61.8 Å². The van der Waals surface area contributed by atoms with Crippen LogP contribution in [0.1, 0.15) is 191 Å². The molecule has 0 heterocycles. The Morgan fingerprint density at radius 3 is 1.14 bits per heavy atom. The summed E-state index contributed by atoms with van der Waals surface area (Å²) < 4.78 is 17.2. The number of benzene rings is 1. The van der Waals surface area contributed by atoms with Crippen LogP contribution in [0.2, 0.25) is 0 Å². The molecule has 0 radical (unpaired) electrons. The number of rotatable bonds is 32. The summed E-state index contributed by atoms with van der Waals surface area (Å²) in [6, 6.07) is 13.2. The van der Waals surface area contributed by atoms with Crippen molar-refractivity contribution in [1.29, 1.82) is 0 Å². The number of hydrogen-bond donors (Lipinski definition) is 0. The van der Waals surface area contributed by atoms with E-state index in [1.165, 1.54) is 160 Å². The van der Waals surface area contributed by atoms with Crippen LogP contribution >= 0.6 is 0 Å². The molecule has 0 N–H and O–H groups in total. The zero-order valence-electron chi connectivity index (χ0n) is 31.5. The maximum atomic E-state index is 12.7. The molecule has 0 amide bonds. The predicted molar refractivity (Wildman–Crippen MR) is 206 cm³/mol. The molecule has 0 aliphatic carbocycles. The van der Waals surface area contributed by atoms with Crippen LogP contribution < -0.4 is 19.6 Å². The summed E-state index contributed by atoms with van der Waals surface area (Å²) in [7, 11) is 0. The fraction of sp³-hybridized carbons (Fsp3) is 0.682. The van der Waals surface area contributed by atoms with Gasteiger partial charge in [0.1, 0.15) is 11.5 Å². The molecule has 2 aromatic rings. The molecule has 0 aliphatic heterocycles. The first-order valence-electron chi connectivity index (χ1n) is 20.4. The minimum Gasteiger partial charge on any atom is -0.494 e. The molecular formula is C44H70O5. The molecule has 0 aliphatic rings. The summed E-state index contributed by atoms with van der Waals surface area (Å²) >= 11 is 0. The van der Waals surface area contributed by atoms with Gasteiger partial charge in [0.25, 0.3) is 0 Å². The van der Waals surface area contributed by atoms with Crippen molar-refractivity contribution in [3.05, 3.63) is 64.3 Å². The van der Waals surface area contributed by atoms with Crippen LogP contribution in [0.25, 0.3) is 0 Å². The SMILES string of the molecule is CCCCCCCCCCCCCCCCCCOc1ccc(OC(=O)c2ccc(OCCCCCCCCCCCC)cc2)c(=O)cc1. The van der Waals surface area contributed by atoms with Crippen molar-refractivity contribution in [3.63, 3.8) is 0 Å². The Bertz CT molecular complexity index is 1130. The summed E-state index contributed by atoms with van der Waals surface area (Å²) in [5, 5.41) is 0. The lowest BCUT2D eigenvalue weighted by Gasteiger charge is -2.07. The van der Waals surface area contributed by atoms with Crippen molar-refractivity contribution in [3.8, 4) is 17.2 Å². The molecule has 2 aromatic carbocycles. The molecule has 0 aromatic heterocycles. The molecule has 0 saturated carbocycles. The average molecular weight is 679 g/mol. The van der Waals surface area contributed by atoms with Gasteiger partial charge in [0.05, 0.1) is 18.8 Å². The molecule has 2 rings (SSSR count). The minimum atomic E-state index is -0.569. The fourth-order valence-corrected chi connectivity index (χ4v) is 6.18. The van der Waals surface area contributed by atoms with Crippen molar-refractivity contribution in [2.75, 3.05) is 13.2 Å². The first-order valence-corrected chi connectivity index (χ1v) is 20.4. The standard InChI is InChI=1S/C44H70O5/c1-3-5-7-9-11-13-15-16-17-18-19-20-22-24-26-28-38-48-41-33-35-42(45)43(36-34-41)49-44(46)39-29-31-40(32-30-39)47-37-27-25-23-21-14-12-10-8-6-4-2/h29-36H,3-28,37-38H2,1-2H3. The van der Waals surface area contributed by atoms with E-state index >= 15 is 0 Å². The molecule has 0 atom stereocenters. The van der Waals surface area contributed by atoms with E-state index in [2.05, 4.69) is 13.8 Å². The van der Waals surface area contributed by atoms with Gasteiger partial charge in [-0.2, -0.15) is 0 Å². The van der Waals surface area contributed by atoms with Gasteiger partial charge in [-0.25, -0.2) is 4.79 Å². The number of ether oxygens (including phenoxy) is 3. The maximum Gasteiger partial charge on any atom is 0.343 e. The highest BCUT2D eigenvalue weighted by atomic mass is 16.5. The second kappa shape index (κ2) is 30.0. The summed E-state index contributed by atoms with van der Waals surface area (Å²) in [6.45, 7) is 5.82. The lowest BCUT2D eigenvalue weighted by molar-refractivity contribution is 0.0733. The summed E-state index contributed by atoms with van der Waals surface area (Å²) in [5.41, 5.74) is 0.0132. The Balaban J connectivity index is 1.53. The smallest absolute Gasteiger partial charge is 0.343 e. The third kappa shape index (κ3) is 22.5. The van der Waals surface area contributed by atoms with E-state index < -0.39 is 5.97 Å². The number of esters is 1. The molecule has 0 spiro atoms. The first kappa shape index (κ1) is 42.3. The Kier molecular flexibility index (Phi) is 26.0. The summed E-state index contributed by atoms with van der Waals surface area (Å²) in [5.74, 6) is 0.752. The molecule has 5 nitrogen and oxygen atoms in total. The molecule has 49 heavy (non-hydrogen) atoms. The molecule has 0 fully saturated rings. The maximum absolute atomic E-state index is 12.7. The van der Waals surface area contributed by atoms with E-state index in [4.69, 9.17) is 14.2 Å². The summed E-state index contributed by atoms with van der Waals surface area (Å²) in [6.07, 6.45) is 34.3. The molecule has 0 bridgehead atoms. The minimum absolute atomic E-state index is 0.0106. The van der Waals surface area contributed by atoms with E-state index in [1.54, 1.807) is 36.4 Å². The van der Waals surface area contributed by atoms with Gasteiger partial charge in [-0.1, -0.05) is 168 Å². The van der Waals surface area contributed by atoms with Crippen LogP contribution in [0, 0.1) is 0 Å². The molecule has 0 saturated heterocycles. The Morgan fingerprint density at radius 2 is 0.755 bits per heavy atom. The van der Waals surface area contributed by atoms with E-state index in [9.17, 15) is 9.59 Å². The van der Waals surface area contributed by atoms with Gasteiger partial charge in [-0.05, 0) is 61.4 Å². The van der Waals surface area contributed by atoms with Gasteiger partial charge in [0, 0.05) is 0 Å². The van der Waals surface area contributed by atoms with Gasteiger partial charge in [0.15, 0.2) is 5.75 Å². The zero-order valence-corrected chi connectivity index (χ0v) is 31.5. The third-order valence-corrected chi connectivity index (χ3v) is 9.37. The normalized spacial score (nSPS) is 11.1. The molecule has 5 heteroatoms. The van der Waals surface area contributed by atoms with Crippen LogP contribution in [-0.4, -0.2) is 19.2 Å². The largest absolute Gasteiger partial charge is 0.494 e. The number of carbonyl (C=O) groups is 1. The van der Waals surface area contributed by atoms with Crippen LogP contribution in [0.3, 0.4) is 0 Å². The van der Waals surface area contributed by atoms with E-state index in [-0.39, 0.29) is 11.2 Å². The second-order valence-corrected chi connectivity index (χ2v) is 13.9. The van der Waals surface area contributed by atoms with Crippen molar-refractivity contribution < 1.29 is 19.0 Å². The number of carbonyl (C=O) groups excluding carboxylic acids is 1. The average Bonchev–Trinajstić information content (AvgIpc) is 3.29. The van der Waals surface area contributed by atoms with Gasteiger partial charge >= 0.3 is 5.97 Å². The predicted octanol–water partition coefficient (Wildman–Crippen LogP) is 13.2. The molecule has 0 unspecified atom stereocenters. The van der Waals surface area contributed by atoms with Crippen LogP contribution in [0.5, 0.6) is 17.2 Å². The fourth-order valence-electron chi connectivity index (χ4n) is 6.18. The van der Waals surface area contributed by atoms with Crippen molar-refractivity contribution >= 4 is 5.97 Å². The van der Waals surface area contributed by atoms with E-state index in [0.29, 0.717) is 24.5 Å². The van der Waals surface area contributed by atoms with Crippen LogP contribution in [0.4, 0.5) is 0 Å². The quantitative estimate of drug-likeness (QED) is 0.0569. The summed E-state index contributed by atoms with van der Waals surface area (Å²) in [4.78, 5) is 25.3. The van der Waals surface area contributed by atoms with Gasteiger partial charge in [-0.15, -0.1) is 0 Å². The van der Waals surface area contributed by atoms with E-state index in [0.717, 1.165) is 25.0 Å². The van der Waals surface area contributed by atoms with Crippen LogP contribution in [-0.2, 0) is 0 Å². The Labute approximate surface area is 299 Å². The molecular weight excluding hydrogens is 608 g/mol. The monoisotopic (exact) mass is 679 g/mol. The highest BCUT2D eigenvalue weighted by molar-refractivity contribution is 5.91. The van der Waals surface area contributed by atoms with Gasteiger partial charge in [-0.3, -0.25) is 4.79 Å². The highest BCUT2D eigenvalue weighted by Crippen LogP contribution is 2.18. The van der Waals surface area contributed by atoms with Crippen LogP contribution in [0.15, 0.2) is 53.3 Å². The Hall–Kier alpha value is -2.82. The second-order valence-electron chi connectivity index (χ2n) is 13.9. The zero-order chi connectivity index (χ0) is 35.0. The van der Waals surface area contributed by atoms with E-state index in [1.807, 2.05) is 0 Å². The van der Waals surface area contributed by atoms with Crippen molar-refractivity contribution in [2.24, 2.45) is 0 Å².